The van der Waals surface area contributed by atoms with Gasteiger partial charge in [-0.2, -0.15) is 0 Å². The Hall–Kier alpha value is -0.280. The lowest BCUT2D eigenvalue weighted by Gasteiger charge is -2.30. The molecule has 1 aliphatic carbocycles. The third kappa shape index (κ3) is 5.70. The highest BCUT2D eigenvalue weighted by Crippen LogP contribution is 2.25. The Kier molecular flexibility index (Phi) is 7.77. The van der Waals surface area contributed by atoms with Crippen molar-refractivity contribution in [2.24, 2.45) is 11.8 Å². The van der Waals surface area contributed by atoms with Gasteiger partial charge >= 0.3 is 0 Å². The summed E-state index contributed by atoms with van der Waals surface area (Å²) in [4.78, 5) is 12.1. The Bertz CT molecular complexity index is 265. The van der Waals surface area contributed by atoms with E-state index in [-0.39, 0.29) is 18.3 Å². The maximum absolute atomic E-state index is 12.1. The number of nitrogens with one attached hydrogen (secondary N) is 2. The van der Waals surface area contributed by atoms with E-state index in [1.807, 2.05) is 0 Å². The second-order valence-electron chi connectivity index (χ2n) is 6.21. The first-order chi connectivity index (χ1) is 8.75. The van der Waals surface area contributed by atoms with Crippen LogP contribution in [0, 0.1) is 11.8 Å². The number of carbonyl (C=O) groups is 1. The molecule has 1 saturated carbocycles. The summed E-state index contributed by atoms with van der Waals surface area (Å²) in [6.45, 7) is 4.28. The predicted molar refractivity (Wildman–Crippen MR) is 81.6 cm³/mol. The Balaban J connectivity index is 0.00000180. The van der Waals surface area contributed by atoms with Gasteiger partial charge in [-0.25, -0.2) is 0 Å². The van der Waals surface area contributed by atoms with Crippen LogP contribution in [0.25, 0.3) is 0 Å². The van der Waals surface area contributed by atoms with Gasteiger partial charge in [-0.1, -0.05) is 32.6 Å². The van der Waals surface area contributed by atoms with Crippen molar-refractivity contribution in [2.75, 3.05) is 13.1 Å². The fraction of sp³-hybridized carbons (Fsp3) is 0.933. The molecule has 2 atom stereocenters. The van der Waals surface area contributed by atoms with Gasteiger partial charge in [-0.05, 0) is 37.6 Å². The van der Waals surface area contributed by atoms with Gasteiger partial charge in [0.05, 0.1) is 0 Å². The summed E-state index contributed by atoms with van der Waals surface area (Å²) in [5.74, 6) is 1.53. The molecule has 112 valence electrons. The topological polar surface area (TPSA) is 41.1 Å². The van der Waals surface area contributed by atoms with Crippen molar-refractivity contribution >= 4 is 18.3 Å². The molecule has 0 aromatic carbocycles. The molecule has 1 heterocycles. The first kappa shape index (κ1) is 16.8. The highest BCUT2D eigenvalue weighted by Gasteiger charge is 2.24. The SMILES string of the molecule is CC1CCNCC1NC(=O)CC1CCCCCC1.Cl. The second kappa shape index (κ2) is 8.80. The fourth-order valence-corrected chi connectivity index (χ4v) is 3.28. The molecule has 0 aromatic rings. The Morgan fingerprint density at radius 3 is 2.47 bits per heavy atom. The lowest BCUT2D eigenvalue weighted by Crippen LogP contribution is -2.50. The minimum Gasteiger partial charge on any atom is -0.352 e. The Morgan fingerprint density at radius 1 is 1.16 bits per heavy atom. The van der Waals surface area contributed by atoms with E-state index in [0.29, 0.717) is 17.9 Å². The van der Waals surface area contributed by atoms with E-state index in [2.05, 4.69) is 17.6 Å². The molecule has 19 heavy (non-hydrogen) atoms. The van der Waals surface area contributed by atoms with Gasteiger partial charge in [-0.3, -0.25) is 4.79 Å². The van der Waals surface area contributed by atoms with Crippen LogP contribution in [-0.4, -0.2) is 25.0 Å². The summed E-state index contributed by atoms with van der Waals surface area (Å²) in [6.07, 6.45) is 9.80. The summed E-state index contributed by atoms with van der Waals surface area (Å²) < 4.78 is 0. The Morgan fingerprint density at radius 2 is 1.84 bits per heavy atom. The van der Waals surface area contributed by atoms with Crippen molar-refractivity contribution in [3.8, 4) is 0 Å². The molecule has 2 N–H and O–H groups in total. The number of carbonyl (C=O) groups excluding carboxylic acids is 1. The number of piperidine rings is 1. The molecule has 3 nitrogen and oxygen atoms in total. The number of rotatable bonds is 3. The molecule has 0 spiro atoms. The van der Waals surface area contributed by atoms with Gasteiger partial charge in [0, 0.05) is 19.0 Å². The molecular formula is C15H29ClN2O. The van der Waals surface area contributed by atoms with Crippen LogP contribution in [0.15, 0.2) is 0 Å². The van der Waals surface area contributed by atoms with Crippen molar-refractivity contribution in [3.63, 3.8) is 0 Å². The van der Waals surface area contributed by atoms with Crippen LogP contribution in [0.4, 0.5) is 0 Å². The molecule has 0 radical (unpaired) electrons. The first-order valence-corrected chi connectivity index (χ1v) is 7.76. The van der Waals surface area contributed by atoms with E-state index in [4.69, 9.17) is 0 Å². The molecule has 2 unspecified atom stereocenters. The fourth-order valence-electron chi connectivity index (χ4n) is 3.28. The number of hydrogen-bond acceptors (Lipinski definition) is 2. The third-order valence-electron chi connectivity index (χ3n) is 4.62. The molecule has 2 fully saturated rings. The number of amides is 1. The van der Waals surface area contributed by atoms with E-state index < -0.39 is 0 Å². The van der Waals surface area contributed by atoms with E-state index >= 15 is 0 Å². The summed E-state index contributed by atoms with van der Waals surface area (Å²) >= 11 is 0. The molecule has 1 aliphatic heterocycles. The van der Waals surface area contributed by atoms with Crippen LogP contribution in [-0.2, 0) is 4.79 Å². The smallest absolute Gasteiger partial charge is 0.220 e. The maximum atomic E-state index is 12.1. The molecule has 1 amide bonds. The Labute approximate surface area is 123 Å². The monoisotopic (exact) mass is 288 g/mol. The molecule has 2 rings (SSSR count). The van der Waals surface area contributed by atoms with Gasteiger partial charge < -0.3 is 10.6 Å². The second-order valence-corrected chi connectivity index (χ2v) is 6.21. The van der Waals surface area contributed by atoms with Crippen molar-refractivity contribution in [2.45, 2.75) is 64.3 Å². The van der Waals surface area contributed by atoms with E-state index in [1.54, 1.807) is 0 Å². The maximum Gasteiger partial charge on any atom is 0.220 e. The standard InChI is InChI=1S/C15H28N2O.ClH/c1-12-8-9-16-11-14(12)17-15(18)10-13-6-4-2-3-5-7-13;/h12-14,16H,2-11H2,1H3,(H,17,18);1H. The van der Waals surface area contributed by atoms with Gasteiger partial charge in [0.15, 0.2) is 0 Å². The quantitative estimate of drug-likeness (QED) is 0.784. The average molecular weight is 289 g/mol. The van der Waals surface area contributed by atoms with Crippen LogP contribution in [0.3, 0.4) is 0 Å². The van der Waals surface area contributed by atoms with Crippen LogP contribution in [0.5, 0.6) is 0 Å². The number of hydrogen-bond donors (Lipinski definition) is 2. The molecule has 1 saturated heterocycles. The highest BCUT2D eigenvalue weighted by atomic mass is 35.5. The summed E-state index contributed by atoms with van der Waals surface area (Å²) in [5, 5.41) is 6.60. The van der Waals surface area contributed by atoms with Crippen LogP contribution < -0.4 is 10.6 Å². The molecule has 0 aromatic heterocycles. The summed E-state index contributed by atoms with van der Waals surface area (Å²) in [6, 6.07) is 0.344. The van der Waals surface area contributed by atoms with Crippen molar-refractivity contribution in [1.82, 2.24) is 10.6 Å². The van der Waals surface area contributed by atoms with Gasteiger partial charge in [-0.15, -0.1) is 12.4 Å². The number of halogens is 1. The molecule has 4 heteroatoms. The van der Waals surface area contributed by atoms with Gasteiger partial charge in [0.2, 0.25) is 5.91 Å². The van der Waals surface area contributed by atoms with E-state index in [0.717, 1.165) is 19.5 Å². The normalized spacial score (nSPS) is 29.1. The average Bonchev–Trinajstić information content (AvgIpc) is 2.61. The molecule has 0 bridgehead atoms. The van der Waals surface area contributed by atoms with E-state index in [9.17, 15) is 4.79 Å². The van der Waals surface area contributed by atoms with Crippen LogP contribution in [0.2, 0.25) is 0 Å². The van der Waals surface area contributed by atoms with Crippen molar-refractivity contribution in [3.05, 3.63) is 0 Å². The minimum atomic E-state index is 0. The molecular weight excluding hydrogens is 260 g/mol. The summed E-state index contributed by atoms with van der Waals surface area (Å²) in [5.41, 5.74) is 0. The third-order valence-corrected chi connectivity index (χ3v) is 4.62. The van der Waals surface area contributed by atoms with Crippen molar-refractivity contribution < 1.29 is 4.79 Å². The largest absolute Gasteiger partial charge is 0.352 e. The zero-order valence-electron chi connectivity index (χ0n) is 12.1. The lowest BCUT2D eigenvalue weighted by molar-refractivity contribution is -0.123. The van der Waals surface area contributed by atoms with Crippen LogP contribution >= 0.6 is 12.4 Å². The van der Waals surface area contributed by atoms with E-state index in [1.165, 1.54) is 44.9 Å². The summed E-state index contributed by atoms with van der Waals surface area (Å²) in [7, 11) is 0. The zero-order valence-corrected chi connectivity index (χ0v) is 12.9. The zero-order chi connectivity index (χ0) is 12.8. The minimum absolute atomic E-state index is 0. The predicted octanol–water partition coefficient (Wildman–Crippen LogP) is 2.88. The molecule has 2 aliphatic rings. The lowest BCUT2D eigenvalue weighted by atomic mass is 9.93. The van der Waals surface area contributed by atoms with Gasteiger partial charge in [0.1, 0.15) is 0 Å². The highest BCUT2D eigenvalue weighted by molar-refractivity contribution is 5.85. The van der Waals surface area contributed by atoms with Crippen LogP contribution in [0.1, 0.15) is 58.3 Å². The first-order valence-electron chi connectivity index (χ1n) is 7.76. The van der Waals surface area contributed by atoms with Crippen molar-refractivity contribution in [1.29, 1.82) is 0 Å². The van der Waals surface area contributed by atoms with Gasteiger partial charge in [0.25, 0.3) is 0 Å².